The highest BCUT2D eigenvalue weighted by Gasteiger charge is 2.35. The summed E-state index contributed by atoms with van der Waals surface area (Å²) in [5.41, 5.74) is 7.50. The lowest BCUT2D eigenvalue weighted by Gasteiger charge is -2.44. The number of imidazole rings is 1. The zero-order valence-corrected chi connectivity index (χ0v) is 20.4. The lowest BCUT2D eigenvalue weighted by molar-refractivity contribution is -0.137. The molecule has 198 valence electrons. The molecule has 0 amide bonds. The number of benzene rings is 1. The standard InChI is InChI=1S/C26H26F4N8/c27-20-4-1-17(2-5-20)14-36-9-10-37(16-22(36)18-11-33-34-12-18)24-7-8-31-25(35-24)21-13-32-23-6-3-19(15-38(21)23)26(28,29)30/h1-8,13,15,18,22,33-34H,9-12,14,16H2. The van der Waals surface area contributed by atoms with Gasteiger partial charge in [-0.05, 0) is 35.9 Å². The van der Waals surface area contributed by atoms with Crippen LogP contribution in [0.25, 0.3) is 17.2 Å². The van der Waals surface area contributed by atoms with Gasteiger partial charge in [0.25, 0.3) is 0 Å². The van der Waals surface area contributed by atoms with Crippen molar-refractivity contribution >= 4 is 11.5 Å². The molecule has 2 aliphatic rings. The van der Waals surface area contributed by atoms with Crippen molar-refractivity contribution in [3.05, 3.63) is 78.0 Å². The van der Waals surface area contributed by atoms with Gasteiger partial charge in [0.1, 0.15) is 23.0 Å². The van der Waals surface area contributed by atoms with E-state index in [2.05, 4.69) is 30.6 Å². The third-order valence-electron chi connectivity index (χ3n) is 7.26. The van der Waals surface area contributed by atoms with E-state index in [0.29, 0.717) is 42.0 Å². The molecule has 8 nitrogen and oxygen atoms in total. The van der Waals surface area contributed by atoms with Gasteiger partial charge in [0.2, 0.25) is 0 Å². The summed E-state index contributed by atoms with van der Waals surface area (Å²) >= 11 is 0. The van der Waals surface area contributed by atoms with Crippen molar-refractivity contribution < 1.29 is 17.6 Å². The minimum Gasteiger partial charge on any atom is -0.354 e. The summed E-state index contributed by atoms with van der Waals surface area (Å²) in [5, 5.41) is 0. The average molecular weight is 527 g/mol. The van der Waals surface area contributed by atoms with Crippen LogP contribution in [0, 0.1) is 11.7 Å². The van der Waals surface area contributed by atoms with Crippen molar-refractivity contribution in [2.75, 3.05) is 37.6 Å². The van der Waals surface area contributed by atoms with Gasteiger partial charge in [0.15, 0.2) is 5.82 Å². The minimum atomic E-state index is -4.47. The van der Waals surface area contributed by atoms with Gasteiger partial charge in [-0.15, -0.1) is 0 Å². The van der Waals surface area contributed by atoms with Crippen LogP contribution in [0.1, 0.15) is 11.1 Å². The van der Waals surface area contributed by atoms with Gasteiger partial charge >= 0.3 is 6.18 Å². The Morgan fingerprint density at radius 2 is 1.74 bits per heavy atom. The van der Waals surface area contributed by atoms with Crippen LogP contribution in [-0.2, 0) is 12.7 Å². The average Bonchev–Trinajstić information content (AvgIpc) is 3.60. The molecule has 3 aromatic heterocycles. The number of halogens is 4. The van der Waals surface area contributed by atoms with Gasteiger partial charge in [-0.25, -0.2) is 19.3 Å². The molecular formula is C26H26F4N8. The molecule has 0 bridgehead atoms. The number of fused-ring (bicyclic) bond motifs is 1. The fourth-order valence-electron chi connectivity index (χ4n) is 5.24. The second-order valence-corrected chi connectivity index (χ2v) is 9.66. The molecule has 6 rings (SSSR count). The number of nitrogens with zero attached hydrogens (tertiary/aromatic N) is 6. The first-order chi connectivity index (χ1) is 18.3. The van der Waals surface area contributed by atoms with Crippen LogP contribution in [0.4, 0.5) is 23.4 Å². The zero-order valence-electron chi connectivity index (χ0n) is 20.4. The molecule has 0 radical (unpaired) electrons. The molecule has 1 aromatic carbocycles. The number of piperazine rings is 1. The Balaban J connectivity index is 1.27. The van der Waals surface area contributed by atoms with E-state index in [1.165, 1.54) is 28.8 Å². The molecule has 2 N–H and O–H groups in total. The Kier molecular flexibility index (Phi) is 6.46. The van der Waals surface area contributed by atoms with Gasteiger partial charge in [-0.3, -0.25) is 20.2 Å². The molecule has 5 heterocycles. The van der Waals surface area contributed by atoms with Crippen LogP contribution in [0.3, 0.4) is 0 Å². The second kappa shape index (κ2) is 9.93. The monoisotopic (exact) mass is 526 g/mol. The molecular weight excluding hydrogens is 500 g/mol. The first-order valence-corrected chi connectivity index (χ1v) is 12.4. The van der Waals surface area contributed by atoms with Crippen LogP contribution < -0.4 is 15.8 Å². The highest BCUT2D eigenvalue weighted by Crippen LogP contribution is 2.31. The number of pyridine rings is 1. The number of hydrogen-bond acceptors (Lipinski definition) is 7. The smallest absolute Gasteiger partial charge is 0.354 e. The third kappa shape index (κ3) is 4.94. The summed E-state index contributed by atoms with van der Waals surface area (Å²) in [5.74, 6) is 1.13. The first kappa shape index (κ1) is 24.7. The summed E-state index contributed by atoms with van der Waals surface area (Å²) in [7, 11) is 0. The Morgan fingerprint density at radius 1 is 0.947 bits per heavy atom. The maximum atomic E-state index is 13.4. The van der Waals surface area contributed by atoms with Crippen LogP contribution in [0.2, 0.25) is 0 Å². The number of anilines is 1. The topological polar surface area (TPSA) is 73.6 Å². The van der Waals surface area contributed by atoms with Gasteiger partial charge < -0.3 is 4.90 Å². The van der Waals surface area contributed by atoms with E-state index in [0.717, 1.165) is 44.0 Å². The molecule has 1 unspecified atom stereocenters. The Morgan fingerprint density at radius 3 is 2.50 bits per heavy atom. The molecule has 0 aliphatic carbocycles. The predicted molar refractivity (Wildman–Crippen MR) is 134 cm³/mol. The van der Waals surface area contributed by atoms with E-state index in [-0.39, 0.29) is 11.9 Å². The normalized spacial score (nSPS) is 19.5. The summed E-state index contributed by atoms with van der Waals surface area (Å²) < 4.78 is 54.7. The van der Waals surface area contributed by atoms with Crippen molar-refractivity contribution in [3.63, 3.8) is 0 Å². The molecule has 2 aliphatic heterocycles. The lowest BCUT2D eigenvalue weighted by Crippen LogP contribution is -2.56. The fourth-order valence-corrected chi connectivity index (χ4v) is 5.24. The fraction of sp³-hybridized carbons (Fsp3) is 0.346. The van der Waals surface area contributed by atoms with Crippen molar-refractivity contribution in [1.29, 1.82) is 0 Å². The van der Waals surface area contributed by atoms with E-state index in [9.17, 15) is 17.6 Å². The van der Waals surface area contributed by atoms with Gasteiger partial charge in [0.05, 0.1) is 11.8 Å². The Labute approximate surface area is 216 Å². The maximum absolute atomic E-state index is 13.4. The lowest BCUT2D eigenvalue weighted by atomic mass is 9.96. The quantitative estimate of drug-likeness (QED) is 0.387. The van der Waals surface area contributed by atoms with Crippen LogP contribution in [-0.4, -0.2) is 63.0 Å². The largest absolute Gasteiger partial charge is 0.417 e. The first-order valence-electron chi connectivity index (χ1n) is 12.4. The van der Waals surface area contributed by atoms with Crippen LogP contribution >= 0.6 is 0 Å². The molecule has 0 saturated carbocycles. The number of nitrogens with one attached hydrogen (secondary N) is 2. The third-order valence-corrected chi connectivity index (χ3v) is 7.26. The summed E-state index contributed by atoms with van der Waals surface area (Å²) in [4.78, 5) is 18.0. The van der Waals surface area contributed by atoms with Gasteiger partial charge in [-0.2, -0.15) is 13.2 Å². The Bertz CT molecular complexity index is 1420. The predicted octanol–water partition coefficient (Wildman–Crippen LogP) is 3.36. The number of alkyl halides is 3. The van der Waals surface area contributed by atoms with Crippen molar-refractivity contribution in [2.24, 2.45) is 5.92 Å². The molecule has 2 fully saturated rings. The van der Waals surface area contributed by atoms with Crippen molar-refractivity contribution in [3.8, 4) is 11.5 Å². The highest BCUT2D eigenvalue weighted by atomic mass is 19.4. The Hall–Kier alpha value is -3.61. The molecule has 0 spiro atoms. The highest BCUT2D eigenvalue weighted by molar-refractivity contribution is 5.59. The molecule has 12 heteroatoms. The van der Waals surface area contributed by atoms with Gasteiger partial charge in [-0.1, -0.05) is 12.1 Å². The maximum Gasteiger partial charge on any atom is 0.417 e. The number of aromatic nitrogens is 4. The SMILES string of the molecule is Fc1ccc(CN2CCN(c3ccnc(-c4cnc5ccc(C(F)(F)F)cn45)n3)CC2C2CNNC2)cc1. The van der Waals surface area contributed by atoms with E-state index in [1.54, 1.807) is 6.20 Å². The summed E-state index contributed by atoms with van der Waals surface area (Å²) in [6.45, 7) is 4.59. The van der Waals surface area contributed by atoms with E-state index in [4.69, 9.17) is 4.98 Å². The van der Waals surface area contributed by atoms with E-state index < -0.39 is 11.7 Å². The van der Waals surface area contributed by atoms with Crippen LogP contribution in [0.5, 0.6) is 0 Å². The van der Waals surface area contributed by atoms with E-state index in [1.807, 2.05) is 18.2 Å². The minimum absolute atomic E-state index is 0.208. The molecule has 38 heavy (non-hydrogen) atoms. The van der Waals surface area contributed by atoms with Crippen LogP contribution in [0.15, 0.2) is 61.1 Å². The van der Waals surface area contributed by atoms with Crippen molar-refractivity contribution in [2.45, 2.75) is 18.8 Å². The van der Waals surface area contributed by atoms with Crippen molar-refractivity contribution in [1.82, 2.24) is 35.1 Å². The number of hydrazine groups is 1. The summed E-state index contributed by atoms with van der Waals surface area (Å²) in [6.07, 6.45) is -0.319. The molecule has 2 saturated heterocycles. The van der Waals surface area contributed by atoms with E-state index >= 15 is 0 Å². The molecule has 4 aromatic rings. The number of rotatable bonds is 5. The molecule has 1 atom stereocenters. The zero-order chi connectivity index (χ0) is 26.3. The second-order valence-electron chi connectivity index (χ2n) is 9.66. The summed E-state index contributed by atoms with van der Waals surface area (Å²) in [6, 6.07) is 11.0. The number of hydrogen-bond donors (Lipinski definition) is 2. The van der Waals surface area contributed by atoms with Gasteiger partial charge in [0, 0.05) is 63.6 Å².